The zero-order chi connectivity index (χ0) is 21.8. The van der Waals surface area contributed by atoms with Crippen LogP contribution < -0.4 is 5.32 Å². The molecule has 10 heteroatoms. The van der Waals surface area contributed by atoms with Crippen LogP contribution in [0, 0.1) is 5.82 Å². The van der Waals surface area contributed by atoms with Crippen LogP contribution in [0.3, 0.4) is 0 Å². The first-order chi connectivity index (χ1) is 15.0. The van der Waals surface area contributed by atoms with E-state index >= 15 is 0 Å². The lowest BCUT2D eigenvalue weighted by Gasteiger charge is -2.11. The van der Waals surface area contributed by atoms with E-state index in [1.54, 1.807) is 12.1 Å². The molecule has 1 amide bonds. The predicted octanol–water partition coefficient (Wildman–Crippen LogP) is 3.59. The number of furan rings is 1. The molecule has 31 heavy (non-hydrogen) atoms. The largest absolute Gasteiger partial charge is 0.467 e. The van der Waals surface area contributed by atoms with E-state index in [1.165, 1.54) is 53.5 Å². The van der Waals surface area contributed by atoms with Gasteiger partial charge in [-0.1, -0.05) is 6.07 Å². The number of aromatic nitrogens is 3. The average molecular weight is 440 g/mol. The first-order valence-corrected chi connectivity index (χ1v) is 10.2. The van der Waals surface area contributed by atoms with Gasteiger partial charge in [0, 0.05) is 0 Å². The van der Waals surface area contributed by atoms with E-state index in [0.717, 1.165) is 4.88 Å². The maximum absolute atomic E-state index is 13.3. The zero-order valence-corrected chi connectivity index (χ0v) is 17.1. The molecule has 4 rings (SSSR count). The highest BCUT2D eigenvalue weighted by molar-refractivity contribution is 7.13. The topological polar surface area (TPSA) is 99.2 Å². The van der Waals surface area contributed by atoms with Gasteiger partial charge in [-0.3, -0.25) is 4.79 Å². The number of carbonyl (C=O) groups excluding carboxylic acids is 2. The Morgan fingerprint density at radius 3 is 2.71 bits per heavy atom. The quantitative estimate of drug-likeness (QED) is 0.441. The standard InChI is InChI=1S/C21H17FN4O4S/c1-13(20(27)23-12-16-4-2-10-29-16)30-21(28)18-24-19(17-5-3-11-31-17)26(25-18)15-8-6-14(22)7-9-15/h2-11,13H,12H2,1H3,(H,23,27). The van der Waals surface area contributed by atoms with Crippen molar-refractivity contribution < 1.29 is 23.1 Å². The van der Waals surface area contributed by atoms with E-state index in [-0.39, 0.29) is 12.4 Å². The van der Waals surface area contributed by atoms with Crippen molar-refractivity contribution in [2.24, 2.45) is 0 Å². The van der Waals surface area contributed by atoms with Gasteiger partial charge < -0.3 is 14.5 Å². The highest BCUT2D eigenvalue weighted by Crippen LogP contribution is 2.26. The van der Waals surface area contributed by atoms with Crippen LogP contribution >= 0.6 is 11.3 Å². The second-order valence-corrected chi connectivity index (χ2v) is 7.42. The molecule has 4 aromatic rings. The Hall–Kier alpha value is -3.79. The fourth-order valence-electron chi connectivity index (χ4n) is 2.72. The van der Waals surface area contributed by atoms with E-state index in [4.69, 9.17) is 9.15 Å². The minimum absolute atomic E-state index is 0.174. The van der Waals surface area contributed by atoms with E-state index in [0.29, 0.717) is 17.3 Å². The van der Waals surface area contributed by atoms with E-state index in [2.05, 4.69) is 15.4 Å². The zero-order valence-electron chi connectivity index (χ0n) is 16.3. The average Bonchev–Trinajstić information content (AvgIpc) is 3.53. The first kappa shape index (κ1) is 20.5. The summed E-state index contributed by atoms with van der Waals surface area (Å²) >= 11 is 1.41. The van der Waals surface area contributed by atoms with Crippen molar-refractivity contribution in [1.29, 1.82) is 0 Å². The third-order valence-corrected chi connectivity index (χ3v) is 5.14. The van der Waals surface area contributed by atoms with Crippen LogP contribution in [-0.4, -0.2) is 32.7 Å². The monoisotopic (exact) mass is 440 g/mol. The fraction of sp³-hybridized carbons (Fsp3) is 0.143. The third-order valence-electron chi connectivity index (χ3n) is 4.27. The van der Waals surface area contributed by atoms with Crippen LogP contribution in [0.25, 0.3) is 16.4 Å². The number of carbonyl (C=O) groups is 2. The van der Waals surface area contributed by atoms with E-state index in [9.17, 15) is 14.0 Å². The minimum atomic E-state index is -1.06. The summed E-state index contributed by atoms with van der Waals surface area (Å²) in [5.41, 5.74) is 0.528. The molecule has 0 saturated heterocycles. The molecule has 8 nitrogen and oxygen atoms in total. The van der Waals surface area contributed by atoms with Crippen LogP contribution in [0.5, 0.6) is 0 Å². The van der Waals surface area contributed by atoms with Crippen molar-refractivity contribution >= 4 is 23.2 Å². The molecule has 1 aromatic carbocycles. The molecule has 1 N–H and O–H groups in total. The Kier molecular flexibility index (Phi) is 5.89. The van der Waals surface area contributed by atoms with Gasteiger partial charge in [0.1, 0.15) is 11.6 Å². The number of hydrogen-bond donors (Lipinski definition) is 1. The molecular weight excluding hydrogens is 423 g/mol. The second kappa shape index (κ2) is 8.92. The van der Waals surface area contributed by atoms with Crippen LogP contribution in [0.2, 0.25) is 0 Å². The Morgan fingerprint density at radius 1 is 1.23 bits per heavy atom. The summed E-state index contributed by atoms with van der Waals surface area (Å²) in [4.78, 5) is 29.9. The number of ether oxygens (including phenoxy) is 1. The van der Waals surface area contributed by atoms with Gasteiger partial charge in [-0.25, -0.2) is 13.9 Å². The van der Waals surface area contributed by atoms with Crippen molar-refractivity contribution in [2.75, 3.05) is 0 Å². The van der Waals surface area contributed by atoms with Crippen molar-refractivity contribution in [3.8, 4) is 16.4 Å². The minimum Gasteiger partial charge on any atom is -0.467 e. The molecule has 0 aliphatic carbocycles. The van der Waals surface area contributed by atoms with Gasteiger partial charge >= 0.3 is 5.97 Å². The van der Waals surface area contributed by atoms with Crippen LogP contribution in [0.1, 0.15) is 23.3 Å². The van der Waals surface area contributed by atoms with Gasteiger partial charge in [0.05, 0.1) is 23.4 Å². The van der Waals surface area contributed by atoms with Gasteiger partial charge in [-0.05, 0) is 54.8 Å². The number of esters is 1. The van der Waals surface area contributed by atoms with Gasteiger partial charge in [-0.15, -0.1) is 16.4 Å². The number of rotatable bonds is 7. The number of nitrogens with one attached hydrogen (secondary N) is 1. The highest BCUT2D eigenvalue weighted by atomic mass is 32.1. The summed E-state index contributed by atoms with van der Waals surface area (Å²) in [5.74, 6) is -0.954. The van der Waals surface area contributed by atoms with Crippen LogP contribution in [-0.2, 0) is 16.1 Å². The predicted molar refractivity (Wildman–Crippen MR) is 110 cm³/mol. The van der Waals surface area contributed by atoms with E-state index in [1.807, 2.05) is 17.5 Å². The number of benzene rings is 1. The van der Waals surface area contributed by atoms with Crippen molar-refractivity contribution in [3.05, 3.63) is 77.6 Å². The summed E-state index contributed by atoms with van der Waals surface area (Å²) in [6.07, 6.45) is 0.435. The smallest absolute Gasteiger partial charge is 0.379 e. The Balaban J connectivity index is 1.52. The van der Waals surface area contributed by atoms with E-state index < -0.39 is 23.8 Å². The maximum atomic E-state index is 13.3. The number of nitrogens with zero attached hydrogens (tertiary/aromatic N) is 3. The van der Waals surface area contributed by atoms with Gasteiger partial charge in [0.2, 0.25) is 0 Å². The van der Waals surface area contributed by atoms with Crippen molar-refractivity contribution in [3.63, 3.8) is 0 Å². The molecule has 158 valence electrons. The lowest BCUT2D eigenvalue weighted by Crippen LogP contribution is -2.35. The fourth-order valence-corrected chi connectivity index (χ4v) is 3.42. The van der Waals surface area contributed by atoms with Crippen molar-refractivity contribution in [2.45, 2.75) is 19.6 Å². The summed E-state index contributed by atoms with van der Waals surface area (Å²) < 4.78 is 25.1. The molecule has 0 radical (unpaired) electrons. The number of thiophene rings is 1. The Bertz CT molecular complexity index is 1170. The molecule has 1 atom stereocenters. The SMILES string of the molecule is CC(OC(=O)c1nc(-c2cccs2)n(-c2ccc(F)cc2)n1)C(=O)NCc1ccco1. The molecule has 0 aliphatic rings. The van der Waals surface area contributed by atoms with Crippen molar-refractivity contribution in [1.82, 2.24) is 20.1 Å². The number of halogens is 1. The Morgan fingerprint density at radius 2 is 2.03 bits per heavy atom. The summed E-state index contributed by atoms with van der Waals surface area (Å²) in [6, 6.07) is 12.7. The molecule has 0 aliphatic heterocycles. The second-order valence-electron chi connectivity index (χ2n) is 6.47. The normalized spacial score (nSPS) is 11.8. The molecule has 0 spiro atoms. The molecular formula is C21H17FN4O4S. The molecule has 0 bridgehead atoms. The van der Waals surface area contributed by atoms with Gasteiger partial charge in [0.25, 0.3) is 11.7 Å². The first-order valence-electron chi connectivity index (χ1n) is 9.29. The van der Waals surface area contributed by atoms with Gasteiger partial charge in [0.15, 0.2) is 11.9 Å². The molecule has 0 fully saturated rings. The molecule has 0 saturated carbocycles. The Labute approximate surface area is 180 Å². The summed E-state index contributed by atoms with van der Waals surface area (Å²) in [5, 5.41) is 8.72. The molecule has 1 unspecified atom stereocenters. The molecule has 3 aromatic heterocycles. The lowest BCUT2D eigenvalue weighted by molar-refractivity contribution is -0.129. The third kappa shape index (κ3) is 4.69. The van der Waals surface area contributed by atoms with Crippen LogP contribution in [0.15, 0.2) is 64.6 Å². The highest BCUT2D eigenvalue weighted by Gasteiger charge is 2.24. The summed E-state index contributed by atoms with van der Waals surface area (Å²) in [7, 11) is 0. The van der Waals surface area contributed by atoms with Crippen LogP contribution in [0.4, 0.5) is 4.39 Å². The van der Waals surface area contributed by atoms with Gasteiger partial charge in [-0.2, -0.15) is 4.98 Å². The maximum Gasteiger partial charge on any atom is 0.379 e. The lowest BCUT2D eigenvalue weighted by atomic mass is 10.3. The number of hydrogen-bond acceptors (Lipinski definition) is 7. The summed E-state index contributed by atoms with van der Waals surface area (Å²) in [6.45, 7) is 1.63. The number of amides is 1. The molecule has 3 heterocycles.